The zero-order chi connectivity index (χ0) is 18.7. The molecule has 0 aromatic heterocycles. The monoisotopic (exact) mass is 396 g/mol. The van der Waals surface area contributed by atoms with E-state index in [-0.39, 0.29) is 22.3 Å². The number of nitrogens with zero attached hydrogens (tertiary/aromatic N) is 1. The maximum absolute atomic E-state index is 13.3. The Labute approximate surface area is 159 Å². The Bertz CT molecular complexity index is 889. The highest BCUT2D eigenvalue weighted by atomic mass is 35.5. The lowest BCUT2D eigenvalue weighted by molar-refractivity contribution is 0.541. The Morgan fingerprint density at radius 1 is 1.27 bits per heavy atom. The van der Waals surface area contributed by atoms with Gasteiger partial charge in [-0.2, -0.15) is 0 Å². The molecule has 1 aliphatic heterocycles. The number of halogens is 2. The number of aryl methyl sites for hydroxylation is 1. The van der Waals surface area contributed by atoms with Crippen molar-refractivity contribution >= 4 is 27.3 Å². The van der Waals surface area contributed by atoms with Gasteiger partial charge in [0.25, 0.3) is 0 Å². The van der Waals surface area contributed by atoms with Crippen LogP contribution in [-0.2, 0) is 15.8 Å². The van der Waals surface area contributed by atoms with E-state index in [1.807, 2.05) is 12.1 Å². The first-order valence-corrected chi connectivity index (χ1v) is 10.6. The number of hydrogen-bond acceptors (Lipinski definition) is 3. The highest BCUT2D eigenvalue weighted by Gasteiger charge is 2.25. The van der Waals surface area contributed by atoms with Crippen LogP contribution in [0.15, 0.2) is 42.5 Å². The maximum atomic E-state index is 13.3. The highest BCUT2D eigenvalue weighted by molar-refractivity contribution is 7.88. The van der Waals surface area contributed by atoms with Gasteiger partial charge in [0.05, 0.1) is 5.75 Å². The second-order valence-corrected chi connectivity index (χ2v) is 8.94. The van der Waals surface area contributed by atoms with Gasteiger partial charge in [-0.3, -0.25) is 0 Å². The molecule has 1 heterocycles. The van der Waals surface area contributed by atoms with Crippen molar-refractivity contribution in [2.24, 2.45) is 5.92 Å². The molecular formula is C19H22ClFN2O2S. The molecule has 0 bridgehead atoms. The van der Waals surface area contributed by atoms with Gasteiger partial charge >= 0.3 is 0 Å². The van der Waals surface area contributed by atoms with Gasteiger partial charge in [-0.25, -0.2) is 17.5 Å². The normalized spacial score (nSPS) is 17.7. The number of sulfonamides is 1. The molecule has 1 unspecified atom stereocenters. The van der Waals surface area contributed by atoms with Gasteiger partial charge in [0.1, 0.15) is 5.82 Å². The molecule has 3 rings (SSSR count). The second kappa shape index (κ2) is 7.94. The van der Waals surface area contributed by atoms with E-state index in [1.165, 1.54) is 23.4 Å². The first kappa shape index (κ1) is 19.1. The SMILES string of the molecule is Cc1ccccc1N1CCC(CNS(=O)(=O)Cc2cc(F)ccc2Cl)C1. The van der Waals surface area contributed by atoms with Crippen molar-refractivity contribution in [3.63, 3.8) is 0 Å². The Kier molecular flexibility index (Phi) is 5.85. The van der Waals surface area contributed by atoms with Crippen molar-refractivity contribution < 1.29 is 12.8 Å². The van der Waals surface area contributed by atoms with E-state index < -0.39 is 15.8 Å². The molecule has 1 atom stereocenters. The third-order valence-electron chi connectivity index (χ3n) is 4.69. The summed E-state index contributed by atoms with van der Waals surface area (Å²) in [6.07, 6.45) is 0.928. The Hall–Kier alpha value is -1.63. The number of para-hydroxylation sites is 1. The minimum absolute atomic E-state index is 0.243. The minimum Gasteiger partial charge on any atom is -0.371 e. The van der Waals surface area contributed by atoms with Crippen LogP contribution in [0.25, 0.3) is 0 Å². The quantitative estimate of drug-likeness (QED) is 0.809. The van der Waals surface area contributed by atoms with Crippen LogP contribution in [0.5, 0.6) is 0 Å². The molecule has 2 aromatic rings. The lowest BCUT2D eigenvalue weighted by Gasteiger charge is -2.21. The molecule has 0 amide bonds. The molecular weight excluding hydrogens is 375 g/mol. The molecule has 140 valence electrons. The van der Waals surface area contributed by atoms with Gasteiger partial charge in [0.2, 0.25) is 10.0 Å². The first-order valence-electron chi connectivity index (χ1n) is 8.56. The molecule has 1 aliphatic rings. The number of nitrogens with one attached hydrogen (secondary N) is 1. The molecule has 0 spiro atoms. The largest absolute Gasteiger partial charge is 0.371 e. The van der Waals surface area contributed by atoms with Crippen molar-refractivity contribution in [1.82, 2.24) is 4.72 Å². The number of benzene rings is 2. The molecule has 2 aromatic carbocycles. The van der Waals surface area contributed by atoms with Crippen molar-refractivity contribution in [3.05, 3.63) is 64.4 Å². The van der Waals surface area contributed by atoms with E-state index in [1.54, 1.807) is 0 Å². The van der Waals surface area contributed by atoms with E-state index in [9.17, 15) is 12.8 Å². The fraction of sp³-hybridized carbons (Fsp3) is 0.368. The first-order chi connectivity index (χ1) is 12.3. The highest BCUT2D eigenvalue weighted by Crippen LogP contribution is 2.26. The predicted octanol–water partition coefficient (Wildman–Crippen LogP) is 3.73. The molecule has 1 saturated heterocycles. The minimum atomic E-state index is -3.57. The van der Waals surface area contributed by atoms with Crippen LogP contribution in [0.1, 0.15) is 17.5 Å². The topological polar surface area (TPSA) is 49.4 Å². The zero-order valence-electron chi connectivity index (χ0n) is 14.6. The molecule has 4 nitrogen and oxygen atoms in total. The van der Waals surface area contributed by atoms with Crippen LogP contribution in [0.4, 0.5) is 10.1 Å². The summed E-state index contributed by atoms with van der Waals surface area (Å²) < 4.78 is 40.6. The van der Waals surface area contributed by atoms with Crippen molar-refractivity contribution in [2.45, 2.75) is 19.1 Å². The summed E-state index contributed by atoms with van der Waals surface area (Å²) in [5.41, 5.74) is 2.69. The Morgan fingerprint density at radius 2 is 2.04 bits per heavy atom. The molecule has 0 radical (unpaired) electrons. The van der Waals surface area contributed by atoms with Crippen molar-refractivity contribution in [3.8, 4) is 0 Å². The summed E-state index contributed by atoms with van der Waals surface area (Å²) in [5, 5.41) is 0.253. The Morgan fingerprint density at radius 3 is 2.81 bits per heavy atom. The van der Waals surface area contributed by atoms with Gasteiger partial charge in [-0.1, -0.05) is 29.8 Å². The van der Waals surface area contributed by atoms with Crippen LogP contribution in [0.3, 0.4) is 0 Å². The molecule has 0 aliphatic carbocycles. The molecule has 0 saturated carbocycles. The van der Waals surface area contributed by atoms with E-state index in [4.69, 9.17) is 11.6 Å². The van der Waals surface area contributed by atoms with E-state index >= 15 is 0 Å². The predicted molar refractivity (Wildman–Crippen MR) is 104 cm³/mol. The molecule has 1 fully saturated rings. The van der Waals surface area contributed by atoms with Crippen molar-refractivity contribution in [2.75, 3.05) is 24.5 Å². The van der Waals surface area contributed by atoms with E-state index in [0.29, 0.717) is 6.54 Å². The average Bonchev–Trinajstić information content (AvgIpc) is 3.05. The smallest absolute Gasteiger partial charge is 0.215 e. The van der Waals surface area contributed by atoms with Gasteiger partial charge in [0, 0.05) is 30.3 Å². The van der Waals surface area contributed by atoms with Crippen molar-refractivity contribution in [1.29, 1.82) is 0 Å². The van der Waals surface area contributed by atoms with E-state index in [2.05, 4.69) is 28.7 Å². The van der Waals surface area contributed by atoms with Gasteiger partial charge in [0.15, 0.2) is 0 Å². The third-order valence-corrected chi connectivity index (χ3v) is 6.35. The summed E-state index contributed by atoms with van der Waals surface area (Å²) in [5.74, 6) is -0.575. The van der Waals surface area contributed by atoms with Gasteiger partial charge < -0.3 is 4.90 Å². The Balaban J connectivity index is 1.57. The van der Waals surface area contributed by atoms with Gasteiger partial charge in [-0.15, -0.1) is 0 Å². The second-order valence-electron chi connectivity index (χ2n) is 6.73. The summed E-state index contributed by atoms with van der Waals surface area (Å²) in [4.78, 5) is 2.29. The fourth-order valence-corrected chi connectivity index (χ4v) is 4.79. The zero-order valence-corrected chi connectivity index (χ0v) is 16.2. The molecule has 1 N–H and O–H groups in total. The standard InChI is InChI=1S/C19H22ClFN2O2S/c1-14-4-2-3-5-19(14)23-9-8-15(12-23)11-22-26(24,25)13-16-10-17(21)6-7-18(16)20/h2-7,10,15,22H,8-9,11-13H2,1H3. The number of hydrogen-bond donors (Lipinski definition) is 1. The summed E-state index contributed by atoms with van der Waals surface area (Å²) in [7, 11) is -3.57. The molecule has 7 heteroatoms. The summed E-state index contributed by atoms with van der Waals surface area (Å²) >= 11 is 5.97. The maximum Gasteiger partial charge on any atom is 0.215 e. The molecule has 26 heavy (non-hydrogen) atoms. The van der Waals surface area contributed by atoms with Gasteiger partial charge in [-0.05, 0) is 54.7 Å². The number of anilines is 1. The van der Waals surface area contributed by atoms with Crippen LogP contribution < -0.4 is 9.62 Å². The van der Waals surface area contributed by atoms with E-state index in [0.717, 1.165) is 25.6 Å². The fourth-order valence-electron chi connectivity index (χ4n) is 3.29. The van der Waals surface area contributed by atoms with Crippen LogP contribution in [0.2, 0.25) is 5.02 Å². The lowest BCUT2D eigenvalue weighted by Crippen LogP contribution is -2.32. The third kappa shape index (κ3) is 4.75. The van der Waals surface area contributed by atoms with Crippen LogP contribution in [0, 0.1) is 18.7 Å². The summed E-state index contributed by atoms with van der Waals surface area (Å²) in [6.45, 7) is 4.17. The van der Waals surface area contributed by atoms with Crippen LogP contribution in [-0.4, -0.2) is 28.1 Å². The van der Waals surface area contributed by atoms with Crippen LogP contribution >= 0.6 is 11.6 Å². The summed E-state index contributed by atoms with van der Waals surface area (Å²) in [6, 6.07) is 11.9. The number of rotatable bonds is 6. The average molecular weight is 397 g/mol. The lowest BCUT2D eigenvalue weighted by atomic mass is 10.1.